The lowest BCUT2D eigenvalue weighted by molar-refractivity contribution is 0.326. The van der Waals surface area contributed by atoms with Crippen molar-refractivity contribution >= 4 is 0 Å². The van der Waals surface area contributed by atoms with E-state index in [1.54, 1.807) is 6.26 Å². The van der Waals surface area contributed by atoms with Crippen LogP contribution in [0.5, 0.6) is 0 Å². The zero-order valence-corrected chi connectivity index (χ0v) is 11.7. The second-order valence-corrected chi connectivity index (χ2v) is 4.87. The second-order valence-electron chi connectivity index (χ2n) is 4.87. The molecule has 0 aliphatic carbocycles. The Morgan fingerprint density at radius 2 is 1.95 bits per heavy atom. The van der Waals surface area contributed by atoms with E-state index in [2.05, 4.69) is 53.7 Å². The lowest BCUT2D eigenvalue weighted by Gasteiger charge is -2.16. The summed E-state index contributed by atoms with van der Waals surface area (Å²) >= 11 is 0. The molecule has 1 aromatic carbocycles. The molecule has 0 saturated heterocycles. The van der Waals surface area contributed by atoms with Gasteiger partial charge in [0.1, 0.15) is 5.76 Å². The minimum absolute atomic E-state index is 0.787. The average Bonchev–Trinajstić information content (AvgIpc) is 2.85. The van der Waals surface area contributed by atoms with E-state index in [1.807, 2.05) is 7.05 Å². The Labute approximate surface area is 115 Å². The monoisotopic (exact) mass is 258 g/mol. The molecule has 1 aromatic heterocycles. The van der Waals surface area contributed by atoms with E-state index in [-0.39, 0.29) is 0 Å². The predicted octanol–water partition coefficient (Wildman–Crippen LogP) is 2.67. The highest BCUT2D eigenvalue weighted by molar-refractivity contribution is 5.17. The molecule has 0 bridgehead atoms. The van der Waals surface area contributed by atoms with Gasteiger partial charge in [0.25, 0.3) is 0 Å². The normalized spacial score (nSPS) is 11.1. The summed E-state index contributed by atoms with van der Waals surface area (Å²) in [6, 6.07) is 12.7. The smallest absolute Gasteiger partial charge is 0.122 e. The van der Waals surface area contributed by atoms with Crippen LogP contribution in [0.15, 0.2) is 47.1 Å². The molecule has 1 N–H and O–H groups in total. The van der Waals surface area contributed by atoms with Crippen molar-refractivity contribution in [2.45, 2.75) is 19.5 Å². The molecule has 0 amide bonds. The highest BCUT2D eigenvalue weighted by Gasteiger charge is 2.08. The van der Waals surface area contributed by atoms with Gasteiger partial charge >= 0.3 is 0 Å². The molecule has 102 valence electrons. The molecule has 0 unspecified atom stereocenters. The topological polar surface area (TPSA) is 28.4 Å². The molecule has 2 rings (SSSR count). The molecular weight excluding hydrogens is 236 g/mol. The Kier molecular flexibility index (Phi) is 5.19. The van der Waals surface area contributed by atoms with Gasteiger partial charge in [0, 0.05) is 18.7 Å². The molecule has 0 fully saturated rings. The summed E-state index contributed by atoms with van der Waals surface area (Å²) in [5, 5.41) is 3.13. The average molecular weight is 258 g/mol. The number of rotatable bonds is 7. The first-order valence-corrected chi connectivity index (χ1v) is 6.72. The fourth-order valence-electron chi connectivity index (χ4n) is 2.16. The molecular formula is C16H22N2O. The molecule has 1 heterocycles. The van der Waals surface area contributed by atoms with Gasteiger partial charge in [-0.25, -0.2) is 0 Å². The van der Waals surface area contributed by atoms with Crippen molar-refractivity contribution in [1.82, 2.24) is 10.2 Å². The highest BCUT2D eigenvalue weighted by Crippen LogP contribution is 2.13. The lowest BCUT2D eigenvalue weighted by atomic mass is 10.1. The highest BCUT2D eigenvalue weighted by atomic mass is 16.3. The van der Waals surface area contributed by atoms with E-state index in [4.69, 9.17) is 4.42 Å². The van der Waals surface area contributed by atoms with Crippen molar-refractivity contribution in [3.63, 3.8) is 0 Å². The second kappa shape index (κ2) is 7.12. The summed E-state index contributed by atoms with van der Waals surface area (Å²) in [5.74, 6) is 1.04. The number of benzene rings is 1. The largest absolute Gasteiger partial charge is 0.468 e. The van der Waals surface area contributed by atoms with E-state index in [0.29, 0.717) is 0 Å². The molecule has 2 aromatic rings. The third-order valence-corrected chi connectivity index (χ3v) is 3.24. The summed E-state index contributed by atoms with van der Waals surface area (Å²) in [6.07, 6.45) is 2.85. The van der Waals surface area contributed by atoms with Gasteiger partial charge in [0.15, 0.2) is 0 Å². The van der Waals surface area contributed by atoms with Crippen LogP contribution >= 0.6 is 0 Å². The van der Waals surface area contributed by atoms with Crippen LogP contribution in [0.3, 0.4) is 0 Å². The maximum Gasteiger partial charge on any atom is 0.122 e. The Bertz CT molecular complexity index is 479. The maximum absolute atomic E-state index is 5.48. The molecule has 0 aliphatic heterocycles. The summed E-state index contributed by atoms with van der Waals surface area (Å²) < 4.78 is 5.48. The van der Waals surface area contributed by atoms with E-state index < -0.39 is 0 Å². The number of likely N-dealkylation sites (N-methyl/N-ethyl adjacent to an activating group) is 1. The molecule has 0 aliphatic rings. The fraction of sp³-hybridized carbons (Fsp3) is 0.375. The van der Waals surface area contributed by atoms with Crippen LogP contribution in [0.1, 0.15) is 16.9 Å². The van der Waals surface area contributed by atoms with Gasteiger partial charge in [-0.15, -0.1) is 0 Å². The van der Waals surface area contributed by atoms with E-state index >= 15 is 0 Å². The SMILES string of the molecule is CNCc1occc1CN(C)CCc1ccccc1. The van der Waals surface area contributed by atoms with E-state index in [1.165, 1.54) is 11.1 Å². The van der Waals surface area contributed by atoms with Crippen LogP contribution in [-0.2, 0) is 19.5 Å². The Morgan fingerprint density at radius 3 is 2.68 bits per heavy atom. The van der Waals surface area contributed by atoms with Crippen LogP contribution in [0.2, 0.25) is 0 Å². The van der Waals surface area contributed by atoms with Crippen LogP contribution in [-0.4, -0.2) is 25.5 Å². The van der Waals surface area contributed by atoms with Crippen LogP contribution in [0.4, 0.5) is 0 Å². The third-order valence-electron chi connectivity index (χ3n) is 3.24. The molecule has 0 saturated carbocycles. The molecule has 0 radical (unpaired) electrons. The summed E-state index contributed by atoms with van der Waals surface area (Å²) in [5.41, 5.74) is 2.65. The van der Waals surface area contributed by atoms with Gasteiger partial charge < -0.3 is 14.6 Å². The standard InChI is InChI=1S/C16H22N2O/c1-17-12-16-15(9-11-19-16)13-18(2)10-8-14-6-4-3-5-7-14/h3-7,9,11,17H,8,10,12-13H2,1-2H3. The Hall–Kier alpha value is -1.58. The molecule has 0 atom stereocenters. The maximum atomic E-state index is 5.48. The van der Waals surface area contributed by atoms with Gasteiger partial charge in [-0.1, -0.05) is 30.3 Å². The number of hydrogen-bond donors (Lipinski definition) is 1. The minimum atomic E-state index is 0.787. The van der Waals surface area contributed by atoms with Gasteiger partial charge in [-0.3, -0.25) is 0 Å². The first kappa shape index (κ1) is 13.8. The Balaban J connectivity index is 1.84. The lowest BCUT2D eigenvalue weighted by Crippen LogP contribution is -2.21. The first-order chi connectivity index (χ1) is 9.29. The van der Waals surface area contributed by atoms with E-state index in [0.717, 1.165) is 31.8 Å². The van der Waals surface area contributed by atoms with Crippen LogP contribution in [0, 0.1) is 0 Å². The van der Waals surface area contributed by atoms with Gasteiger partial charge in [-0.2, -0.15) is 0 Å². The molecule has 3 nitrogen and oxygen atoms in total. The van der Waals surface area contributed by atoms with Crippen LogP contribution < -0.4 is 5.32 Å². The zero-order chi connectivity index (χ0) is 13.5. The van der Waals surface area contributed by atoms with Crippen molar-refractivity contribution in [3.8, 4) is 0 Å². The van der Waals surface area contributed by atoms with Gasteiger partial charge in [-0.05, 0) is 32.1 Å². The van der Waals surface area contributed by atoms with Crippen molar-refractivity contribution in [3.05, 3.63) is 59.5 Å². The van der Waals surface area contributed by atoms with Crippen molar-refractivity contribution < 1.29 is 4.42 Å². The number of nitrogens with one attached hydrogen (secondary N) is 1. The molecule has 0 spiro atoms. The zero-order valence-electron chi connectivity index (χ0n) is 11.7. The third kappa shape index (κ3) is 4.23. The Morgan fingerprint density at radius 1 is 1.16 bits per heavy atom. The number of furan rings is 1. The number of nitrogens with zero attached hydrogens (tertiary/aromatic N) is 1. The summed E-state index contributed by atoms with van der Waals surface area (Å²) in [6.45, 7) is 2.77. The van der Waals surface area contributed by atoms with Crippen molar-refractivity contribution in [1.29, 1.82) is 0 Å². The first-order valence-electron chi connectivity index (χ1n) is 6.72. The van der Waals surface area contributed by atoms with E-state index in [9.17, 15) is 0 Å². The van der Waals surface area contributed by atoms with Crippen LogP contribution in [0.25, 0.3) is 0 Å². The minimum Gasteiger partial charge on any atom is -0.468 e. The molecule has 3 heteroatoms. The van der Waals surface area contributed by atoms with Crippen molar-refractivity contribution in [2.24, 2.45) is 0 Å². The predicted molar refractivity (Wildman–Crippen MR) is 78.0 cm³/mol. The van der Waals surface area contributed by atoms with Gasteiger partial charge in [0.05, 0.1) is 12.8 Å². The molecule has 19 heavy (non-hydrogen) atoms. The number of hydrogen-bond acceptors (Lipinski definition) is 3. The van der Waals surface area contributed by atoms with Crippen molar-refractivity contribution in [2.75, 3.05) is 20.6 Å². The summed E-state index contributed by atoms with van der Waals surface area (Å²) in [4.78, 5) is 2.33. The van der Waals surface area contributed by atoms with Gasteiger partial charge in [0.2, 0.25) is 0 Å². The fourth-order valence-corrected chi connectivity index (χ4v) is 2.16. The quantitative estimate of drug-likeness (QED) is 0.827. The summed E-state index contributed by atoms with van der Waals surface area (Å²) in [7, 11) is 4.09.